The molecular weight excluding hydrogens is 606 g/mol. The predicted molar refractivity (Wildman–Crippen MR) is 136 cm³/mol. The van der Waals surface area contributed by atoms with Crippen molar-refractivity contribution in [3.05, 3.63) is 89.1 Å². The van der Waals surface area contributed by atoms with Crippen molar-refractivity contribution in [2.75, 3.05) is 9.44 Å². The van der Waals surface area contributed by atoms with Gasteiger partial charge in [0.2, 0.25) is 0 Å². The maximum atomic E-state index is 13.1. The summed E-state index contributed by atoms with van der Waals surface area (Å²) in [4.78, 5) is -1.20. The number of rotatable bonds is 8. The molecule has 0 bridgehead atoms. The van der Waals surface area contributed by atoms with E-state index < -0.39 is 53.7 Å². The Hall–Kier alpha value is -3.76. The normalized spacial score (nSPS) is 12.7. The van der Waals surface area contributed by atoms with Crippen LogP contribution in [-0.2, 0) is 26.2 Å². The van der Waals surface area contributed by atoms with Crippen LogP contribution >= 0.6 is 11.3 Å². The number of hydrogen-bond acceptors (Lipinski definition) is 6. The van der Waals surface area contributed by atoms with Gasteiger partial charge in [-0.05, 0) is 82.6 Å². The van der Waals surface area contributed by atoms with Gasteiger partial charge in [0.15, 0.2) is 0 Å². The first-order valence-corrected chi connectivity index (χ1v) is 14.7. The number of hydrogen-bond donors (Lipinski definition) is 2. The van der Waals surface area contributed by atoms with Crippen LogP contribution in [0.4, 0.5) is 37.7 Å². The first kappa shape index (κ1) is 29.2. The Labute approximate surface area is 228 Å². The molecule has 1 heterocycles. The minimum Gasteiger partial charge on any atom is -0.406 e. The summed E-state index contributed by atoms with van der Waals surface area (Å²) >= 11 is 1.34. The Morgan fingerprint density at radius 3 is 1.93 bits per heavy atom. The third kappa shape index (κ3) is 7.05. The number of benzene rings is 3. The first-order valence-electron chi connectivity index (χ1n) is 10.8. The third-order valence-electron chi connectivity index (χ3n) is 5.20. The maximum Gasteiger partial charge on any atom is 0.573 e. The van der Waals surface area contributed by atoms with E-state index in [2.05, 4.69) is 14.2 Å². The Morgan fingerprint density at radius 1 is 0.675 bits per heavy atom. The van der Waals surface area contributed by atoms with Gasteiger partial charge in [-0.1, -0.05) is 12.1 Å². The first-order chi connectivity index (χ1) is 18.5. The predicted octanol–water partition coefficient (Wildman–Crippen LogP) is 6.93. The molecule has 0 radical (unpaired) electrons. The van der Waals surface area contributed by atoms with Crippen molar-refractivity contribution in [1.82, 2.24) is 0 Å². The van der Waals surface area contributed by atoms with Gasteiger partial charge in [0.25, 0.3) is 20.0 Å². The summed E-state index contributed by atoms with van der Waals surface area (Å²) in [6, 6.07) is 11.9. The van der Waals surface area contributed by atoms with E-state index in [9.17, 15) is 43.2 Å². The van der Waals surface area contributed by atoms with Crippen molar-refractivity contribution in [3.8, 4) is 16.9 Å². The molecule has 212 valence electrons. The fourth-order valence-corrected chi connectivity index (χ4v) is 6.25. The van der Waals surface area contributed by atoms with E-state index in [0.717, 1.165) is 36.4 Å². The standard InChI is InChI=1S/C24H16F6N2O5S3/c25-23(26,27)17-2-1-3-20(13-17)40(35,36)31-21-9-4-15(16-10-11-38-14-16)12-22(21)32-39(33,34)19-7-5-18(6-8-19)37-24(28,29)30/h1-14,31-32H. The highest BCUT2D eigenvalue weighted by atomic mass is 32.2. The number of halogens is 6. The number of thiophene rings is 1. The zero-order valence-corrected chi connectivity index (χ0v) is 22.1. The summed E-state index contributed by atoms with van der Waals surface area (Å²) < 4.78 is 137. The molecule has 2 N–H and O–H groups in total. The molecule has 0 saturated heterocycles. The molecule has 0 saturated carbocycles. The number of sulfonamides is 2. The summed E-state index contributed by atoms with van der Waals surface area (Å²) in [5.74, 6) is -0.666. The Kier molecular flexibility index (Phi) is 7.79. The van der Waals surface area contributed by atoms with E-state index in [-0.39, 0.29) is 11.4 Å². The minimum atomic E-state index is -4.99. The molecule has 4 aromatic rings. The Bertz CT molecular complexity index is 1720. The SMILES string of the molecule is O=S(=O)(Nc1ccc(-c2ccsc2)cc1NS(=O)(=O)c1ccc(OC(F)(F)F)cc1)c1cccc(C(F)(F)F)c1. The van der Waals surface area contributed by atoms with Gasteiger partial charge in [0.05, 0.1) is 26.7 Å². The number of anilines is 2. The summed E-state index contributed by atoms with van der Waals surface area (Å²) in [6.45, 7) is 0. The second-order valence-electron chi connectivity index (χ2n) is 8.03. The van der Waals surface area contributed by atoms with Gasteiger partial charge >= 0.3 is 12.5 Å². The van der Waals surface area contributed by atoms with Crippen molar-refractivity contribution in [1.29, 1.82) is 0 Å². The Balaban J connectivity index is 1.71. The van der Waals surface area contributed by atoms with Gasteiger partial charge in [-0.25, -0.2) is 16.8 Å². The lowest BCUT2D eigenvalue weighted by molar-refractivity contribution is -0.274. The quantitative estimate of drug-likeness (QED) is 0.208. The molecule has 7 nitrogen and oxygen atoms in total. The fraction of sp³-hybridized carbons (Fsp3) is 0.0833. The molecule has 16 heteroatoms. The number of alkyl halides is 6. The van der Waals surface area contributed by atoms with Crippen molar-refractivity contribution < 1.29 is 47.9 Å². The van der Waals surface area contributed by atoms with Crippen molar-refractivity contribution >= 4 is 42.8 Å². The lowest BCUT2D eigenvalue weighted by Gasteiger charge is -2.17. The molecule has 0 atom stereocenters. The zero-order valence-electron chi connectivity index (χ0n) is 19.6. The number of ether oxygens (including phenoxy) is 1. The van der Waals surface area contributed by atoms with Crippen LogP contribution in [0, 0.1) is 0 Å². The van der Waals surface area contributed by atoms with Crippen molar-refractivity contribution in [2.24, 2.45) is 0 Å². The van der Waals surface area contributed by atoms with Gasteiger partial charge in [-0.15, -0.1) is 13.2 Å². The van der Waals surface area contributed by atoms with Gasteiger partial charge < -0.3 is 4.74 Å². The van der Waals surface area contributed by atoms with Gasteiger partial charge in [-0.3, -0.25) is 9.44 Å². The third-order valence-corrected chi connectivity index (χ3v) is 8.63. The van der Waals surface area contributed by atoms with Crippen LogP contribution in [0.2, 0.25) is 0 Å². The van der Waals surface area contributed by atoms with Crippen LogP contribution in [0.1, 0.15) is 5.56 Å². The highest BCUT2D eigenvalue weighted by molar-refractivity contribution is 7.93. The van der Waals surface area contributed by atoms with Crippen LogP contribution in [0.25, 0.3) is 11.1 Å². The molecule has 0 aliphatic heterocycles. The van der Waals surface area contributed by atoms with E-state index >= 15 is 0 Å². The van der Waals surface area contributed by atoms with Crippen LogP contribution in [0.3, 0.4) is 0 Å². The second-order valence-corrected chi connectivity index (χ2v) is 12.2. The van der Waals surface area contributed by atoms with Gasteiger partial charge in [0, 0.05) is 0 Å². The summed E-state index contributed by atoms with van der Waals surface area (Å²) in [5.41, 5.74) is -0.699. The molecule has 3 aromatic carbocycles. The van der Waals surface area contributed by atoms with E-state index in [1.807, 2.05) is 0 Å². The second kappa shape index (κ2) is 10.7. The zero-order chi connectivity index (χ0) is 29.3. The van der Waals surface area contributed by atoms with Crippen LogP contribution in [0.15, 0.2) is 93.3 Å². The van der Waals surface area contributed by atoms with Gasteiger partial charge in [0.1, 0.15) is 5.75 Å². The lowest BCUT2D eigenvalue weighted by atomic mass is 10.1. The largest absolute Gasteiger partial charge is 0.573 e. The van der Waals surface area contributed by atoms with E-state index in [1.165, 1.54) is 29.5 Å². The topological polar surface area (TPSA) is 102 Å². The molecule has 0 aliphatic carbocycles. The summed E-state index contributed by atoms with van der Waals surface area (Å²) in [7, 11) is -9.13. The lowest BCUT2D eigenvalue weighted by Crippen LogP contribution is -2.19. The van der Waals surface area contributed by atoms with Crippen molar-refractivity contribution in [3.63, 3.8) is 0 Å². The monoisotopic (exact) mass is 622 g/mol. The Morgan fingerprint density at radius 2 is 1.32 bits per heavy atom. The smallest absolute Gasteiger partial charge is 0.406 e. The molecule has 0 amide bonds. The molecule has 40 heavy (non-hydrogen) atoms. The highest BCUT2D eigenvalue weighted by Crippen LogP contribution is 2.35. The highest BCUT2D eigenvalue weighted by Gasteiger charge is 2.32. The summed E-state index contributed by atoms with van der Waals surface area (Å²) in [5, 5.41) is 3.48. The molecule has 0 spiro atoms. The summed E-state index contributed by atoms with van der Waals surface area (Å²) in [6.07, 6.45) is -9.80. The van der Waals surface area contributed by atoms with Crippen LogP contribution < -0.4 is 14.2 Å². The van der Waals surface area contributed by atoms with Crippen LogP contribution in [0.5, 0.6) is 5.75 Å². The average Bonchev–Trinajstić information content (AvgIpc) is 3.39. The average molecular weight is 623 g/mol. The van der Waals surface area contributed by atoms with Gasteiger partial charge in [-0.2, -0.15) is 24.5 Å². The van der Waals surface area contributed by atoms with Crippen molar-refractivity contribution in [2.45, 2.75) is 22.3 Å². The number of nitrogens with one attached hydrogen (secondary N) is 2. The molecule has 0 fully saturated rings. The maximum absolute atomic E-state index is 13.1. The molecule has 4 rings (SSSR count). The molecule has 0 aliphatic rings. The minimum absolute atomic E-state index is 0.296. The van der Waals surface area contributed by atoms with E-state index in [1.54, 1.807) is 16.8 Å². The van der Waals surface area contributed by atoms with Crippen LogP contribution in [-0.4, -0.2) is 23.2 Å². The fourth-order valence-electron chi connectivity index (χ4n) is 3.39. The van der Waals surface area contributed by atoms with E-state index in [4.69, 9.17) is 0 Å². The van der Waals surface area contributed by atoms with E-state index in [0.29, 0.717) is 23.3 Å². The molecule has 0 unspecified atom stereocenters. The molecule has 1 aromatic heterocycles. The molecular formula is C24H16F6N2O5S3.